The molecule has 1 atom stereocenters. The predicted molar refractivity (Wildman–Crippen MR) is 125 cm³/mol. The summed E-state index contributed by atoms with van der Waals surface area (Å²) < 4.78 is 0. The molecule has 1 unspecified atom stereocenters. The van der Waals surface area contributed by atoms with E-state index < -0.39 is 0 Å². The third-order valence-corrected chi connectivity index (χ3v) is 5.70. The fraction of sp³-hybridized carbons (Fsp3) is 0.231. The van der Waals surface area contributed by atoms with Gasteiger partial charge >= 0.3 is 6.03 Å². The van der Waals surface area contributed by atoms with Crippen molar-refractivity contribution in [2.24, 2.45) is 0 Å². The molecule has 0 fully saturated rings. The molecule has 3 amide bonds. The Morgan fingerprint density at radius 2 is 1.74 bits per heavy atom. The zero-order chi connectivity index (χ0) is 21.8. The summed E-state index contributed by atoms with van der Waals surface area (Å²) in [5, 5.41) is 5.85. The van der Waals surface area contributed by atoms with Gasteiger partial charge in [-0.25, -0.2) is 4.79 Å². The number of nitrogens with one attached hydrogen (secondary N) is 2. The van der Waals surface area contributed by atoms with E-state index in [1.165, 1.54) is 0 Å². The predicted octanol–water partition coefficient (Wildman–Crippen LogP) is 5.16. The van der Waals surface area contributed by atoms with E-state index in [4.69, 9.17) is 0 Å². The summed E-state index contributed by atoms with van der Waals surface area (Å²) in [5.74, 6) is 0.00544. The average Bonchev–Trinajstić information content (AvgIpc) is 3.13. The van der Waals surface area contributed by atoms with Gasteiger partial charge in [0.2, 0.25) is 0 Å². The number of benzene rings is 3. The van der Waals surface area contributed by atoms with Gasteiger partial charge in [-0.2, -0.15) is 0 Å². The number of hydrogen-bond acceptors (Lipinski definition) is 2. The fourth-order valence-electron chi connectivity index (χ4n) is 4.09. The summed E-state index contributed by atoms with van der Waals surface area (Å²) in [6.45, 7) is 4.51. The van der Waals surface area contributed by atoms with Crippen LogP contribution in [-0.2, 0) is 19.4 Å². The van der Waals surface area contributed by atoms with E-state index in [9.17, 15) is 9.59 Å². The van der Waals surface area contributed by atoms with E-state index in [2.05, 4.69) is 30.5 Å². The maximum Gasteiger partial charge on any atom is 0.319 e. The van der Waals surface area contributed by atoms with Crippen LogP contribution in [0, 0.1) is 0 Å². The highest BCUT2D eigenvalue weighted by atomic mass is 16.2. The van der Waals surface area contributed by atoms with E-state index in [-0.39, 0.29) is 18.0 Å². The minimum Gasteiger partial charge on any atom is -0.334 e. The summed E-state index contributed by atoms with van der Waals surface area (Å²) in [5.41, 5.74) is 5.64. The smallest absolute Gasteiger partial charge is 0.319 e. The maximum atomic E-state index is 13.1. The second-order valence-electron chi connectivity index (χ2n) is 7.88. The molecule has 0 radical (unpaired) electrons. The first-order valence-electron chi connectivity index (χ1n) is 10.7. The molecular formula is C26H27N3O2. The lowest BCUT2D eigenvalue weighted by atomic mass is 10.1. The molecule has 0 aromatic heterocycles. The van der Waals surface area contributed by atoms with Crippen molar-refractivity contribution in [3.63, 3.8) is 0 Å². The normalized spacial score (nSPS) is 14.8. The van der Waals surface area contributed by atoms with Crippen LogP contribution in [0.3, 0.4) is 0 Å². The Bertz CT molecular complexity index is 1090. The molecule has 0 spiro atoms. The van der Waals surface area contributed by atoms with E-state index in [1.54, 1.807) is 0 Å². The topological polar surface area (TPSA) is 61.4 Å². The van der Waals surface area contributed by atoms with Crippen molar-refractivity contribution < 1.29 is 9.59 Å². The number of anilines is 2. The molecule has 3 aromatic carbocycles. The first-order chi connectivity index (χ1) is 15.1. The van der Waals surface area contributed by atoms with Gasteiger partial charge in [-0.1, -0.05) is 55.5 Å². The van der Waals surface area contributed by atoms with Crippen LogP contribution in [0.4, 0.5) is 16.2 Å². The van der Waals surface area contributed by atoms with Gasteiger partial charge in [0.15, 0.2) is 0 Å². The van der Waals surface area contributed by atoms with Gasteiger partial charge in [-0.3, -0.25) is 4.79 Å². The number of para-hydroxylation sites is 1. The van der Waals surface area contributed by atoms with E-state index in [0.29, 0.717) is 12.1 Å². The molecule has 2 N–H and O–H groups in total. The van der Waals surface area contributed by atoms with Crippen molar-refractivity contribution in [2.75, 3.05) is 10.2 Å². The Kier molecular flexibility index (Phi) is 6.03. The summed E-state index contributed by atoms with van der Waals surface area (Å²) in [7, 11) is 0. The lowest BCUT2D eigenvalue weighted by Gasteiger charge is -2.23. The molecule has 0 aliphatic carbocycles. The van der Waals surface area contributed by atoms with Crippen molar-refractivity contribution in [1.82, 2.24) is 5.32 Å². The highest BCUT2D eigenvalue weighted by molar-refractivity contribution is 6.07. The van der Waals surface area contributed by atoms with Crippen molar-refractivity contribution in [1.29, 1.82) is 0 Å². The number of fused-ring (bicyclic) bond motifs is 1. The number of aryl methyl sites for hydroxylation is 1. The highest BCUT2D eigenvalue weighted by Crippen LogP contribution is 2.34. The van der Waals surface area contributed by atoms with Crippen LogP contribution in [0.25, 0.3) is 0 Å². The Morgan fingerprint density at radius 3 is 2.52 bits per heavy atom. The van der Waals surface area contributed by atoms with Crippen molar-refractivity contribution in [2.45, 2.75) is 39.3 Å². The second-order valence-corrected chi connectivity index (χ2v) is 7.88. The van der Waals surface area contributed by atoms with Crippen LogP contribution < -0.4 is 15.5 Å². The minimum atomic E-state index is -0.244. The van der Waals surface area contributed by atoms with Crippen molar-refractivity contribution in [3.8, 4) is 0 Å². The van der Waals surface area contributed by atoms with Gasteiger partial charge in [-0.05, 0) is 60.7 Å². The lowest BCUT2D eigenvalue weighted by molar-refractivity contribution is 0.0981. The largest absolute Gasteiger partial charge is 0.334 e. The molecule has 0 saturated heterocycles. The number of nitrogens with zero attached hydrogens (tertiary/aromatic N) is 1. The molecule has 1 heterocycles. The molecule has 3 aromatic rings. The zero-order valence-corrected chi connectivity index (χ0v) is 17.9. The number of urea groups is 1. The third kappa shape index (κ3) is 4.45. The number of hydrogen-bond donors (Lipinski definition) is 2. The van der Waals surface area contributed by atoms with Gasteiger partial charge in [0.1, 0.15) is 0 Å². The van der Waals surface area contributed by atoms with Gasteiger partial charge in [0.25, 0.3) is 5.91 Å². The number of rotatable bonds is 5. The van der Waals surface area contributed by atoms with E-state index >= 15 is 0 Å². The lowest BCUT2D eigenvalue weighted by Crippen LogP contribution is -2.35. The van der Waals surface area contributed by atoms with Gasteiger partial charge in [-0.15, -0.1) is 0 Å². The Hall–Kier alpha value is -3.60. The SMILES string of the molecule is CCc1ccccc1NC(=O)NCc1ccc2c(c1)N(C(=O)c1ccccc1)C(C)C2. The van der Waals surface area contributed by atoms with Crippen LogP contribution >= 0.6 is 0 Å². The van der Waals surface area contributed by atoms with Crippen LogP contribution in [0.15, 0.2) is 72.8 Å². The van der Waals surface area contributed by atoms with Crippen LogP contribution in [0.5, 0.6) is 0 Å². The molecule has 31 heavy (non-hydrogen) atoms. The van der Waals surface area contributed by atoms with Crippen molar-refractivity contribution in [3.05, 3.63) is 95.1 Å². The first-order valence-corrected chi connectivity index (χ1v) is 10.7. The number of amides is 3. The van der Waals surface area contributed by atoms with E-state index in [1.807, 2.05) is 71.6 Å². The summed E-state index contributed by atoms with van der Waals surface area (Å²) in [6.07, 6.45) is 1.68. The Labute approximate surface area is 183 Å². The first kappa shape index (κ1) is 20.7. The van der Waals surface area contributed by atoms with Crippen LogP contribution in [0.2, 0.25) is 0 Å². The van der Waals surface area contributed by atoms with Gasteiger partial charge in [0, 0.05) is 29.5 Å². The van der Waals surface area contributed by atoms with Gasteiger partial charge < -0.3 is 15.5 Å². The van der Waals surface area contributed by atoms with Crippen LogP contribution in [-0.4, -0.2) is 18.0 Å². The fourth-order valence-corrected chi connectivity index (χ4v) is 4.09. The van der Waals surface area contributed by atoms with E-state index in [0.717, 1.165) is 40.9 Å². The highest BCUT2D eigenvalue weighted by Gasteiger charge is 2.31. The summed E-state index contributed by atoms with van der Waals surface area (Å²) in [4.78, 5) is 27.4. The monoisotopic (exact) mass is 413 g/mol. The van der Waals surface area contributed by atoms with Crippen LogP contribution in [0.1, 0.15) is 40.9 Å². The number of carbonyl (C=O) groups is 2. The van der Waals surface area contributed by atoms with Gasteiger partial charge in [0.05, 0.1) is 0 Å². The summed E-state index contributed by atoms with van der Waals surface area (Å²) >= 11 is 0. The third-order valence-electron chi connectivity index (χ3n) is 5.70. The molecule has 0 bridgehead atoms. The molecule has 1 aliphatic heterocycles. The minimum absolute atomic E-state index is 0.00544. The molecule has 158 valence electrons. The molecule has 1 aliphatic rings. The maximum absolute atomic E-state index is 13.1. The molecular weight excluding hydrogens is 386 g/mol. The zero-order valence-electron chi connectivity index (χ0n) is 17.9. The number of carbonyl (C=O) groups excluding carboxylic acids is 2. The molecule has 5 heteroatoms. The Balaban J connectivity index is 1.46. The second kappa shape index (κ2) is 9.04. The summed E-state index contributed by atoms with van der Waals surface area (Å²) in [6, 6.07) is 23.1. The Morgan fingerprint density at radius 1 is 1.00 bits per heavy atom. The standard InChI is InChI=1S/C26H27N3O2/c1-3-20-9-7-8-12-23(20)28-26(31)27-17-19-13-14-22-15-18(2)29(24(22)16-19)25(30)21-10-5-4-6-11-21/h4-14,16,18H,3,15,17H2,1-2H3,(H2,27,28,31). The quantitative estimate of drug-likeness (QED) is 0.607. The average molecular weight is 414 g/mol. The molecule has 5 nitrogen and oxygen atoms in total. The molecule has 4 rings (SSSR count). The molecule has 0 saturated carbocycles. The van der Waals surface area contributed by atoms with Crippen molar-refractivity contribution >= 4 is 23.3 Å².